The van der Waals surface area contributed by atoms with Crippen molar-refractivity contribution in [3.63, 3.8) is 0 Å². The predicted octanol–water partition coefficient (Wildman–Crippen LogP) is 8.73. The summed E-state index contributed by atoms with van der Waals surface area (Å²) in [7, 11) is -4.73. The van der Waals surface area contributed by atoms with Crippen molar-refractivity contribution in [3.8, 4) is 0 Å². The zero-order chi connectivity index (χ0) is 29.7. The number of carbonyl (C=O) groups is 2. The van der Waals surface area contributed by atoms with E-state index in [-0.39, 0.29) is 19.4 Å². The summed E-state index contributed by atoms with van der Waals surface area (Å²) < 4.78 is 26.1. The molecule has 236 valence electrons. The first-order valence-corrected chi connectivity index (χ1v) is 17.5. The molecule has 0 radical (unpaired) electrons. The molecule has 0 aromatic heterocycles. The van der Waals surface area contributed by atoms with Gasteiger partial charge in [0, 0.05) is 12.8 Å². The fourth-order valence-electron chi connectivity index (χ4n) is 4.53. The number of phosphoric acid groups is 1. The minimum atomic E-state index is -4.73. The third kappa shape index (κ3) is 29.8. The highest BCUT2D eigenvalue weighted by Crippen LogP contribution is 2.35. The predicted molar refractivity (Wildman–Crippen MR) is 161 cm³/mol. The van der Waals surface area contributed by atoms with Crippen molar-refractivity contribution >= 4 is 19.8 Å². The van der Waals surface area contributed by atoms with Gasteiger partial charge < -0.3 is 19.3 Å². The smallest absolute Gasteiger partial charge is 0.462 e. The van der Waals surface area contributed by atoms with Gasteiger partial charge in [0.2, 0.25) is 0 Å². The summed E-state index contributed by atoms with van der Waals surface area (Å²) in [6.07, 6.45) is 25.6. The van der Waals surface area contributed by atoms with Crippen LogP contribution in [0.25, 0.3) is 0 Å². The highest BCUT2D eigenvalue weighted by molar-refractivity contribution is 7.46. The Morgan fingerprint density at radius 3 is 1.55 bits per heavy atom. The van der Waals surface area contributed by atoms with Crippen molar-refractivity contribution < 1.29 is 37.9 Å². The Hall–Kier alpha value is -1.21. The van der Waals surface area contributed by atoms with Gasteiger partial charge in [-0.15, -0.1) is 6.58 Å². The maximum Gasteiger partial charge on any atom is 0.469 e. The molecule has 0 bridgehead atoms. The summed E-state index contributed by atoms with van der Waals surface area (Å²) >= 11 is 0. The molecular weight excluding hydrogens is 531 g/mol. The lowest BCUT2D eigenvalue weighted by Crippen LogP contribution is -2.29. The fourth-order valence-corrected chi connectivity index (χ4v) is 4.89. The molecule has 0 aromatic carbocycles. The quantitative estimate of drug-likeness (QED) is 0.0369. The Labute approximate surface area is 244 Å². The van der Waals surface area contributed by atoms with Crippen LogP contribution < -0.4 is 0 Å². The molecule has 1 atom stereocenters. The number of hydrogen-bond donors (Lipinski definition) is 2. The summed E-state index contributed by atoms with van der Waals surface area (Å²) in [6.45, 7) is 5.12. The molecule has 0 aliphatic heterocycles. The first-order chi connectivity index (χ1) is 19.3. The van der Waals surface area contributed by atoms with Gasteiger partial charge in [0.15, 0.2) is 6.10 Å². The first-order valence-electron chi connectivity index (χ1n) is 15.9. The lowest BCUT2D eigenvalue weighted by atomic mass is 10.0. The van der Waals surface area contributed by atoms with Crippen LogP contribution in [0.1, 0.15) is 155 Å². The normalized spacial score (nSPS) is 12.3. The van der Waals surface area contributed by atoms with E-state index in [9.17, 15) is 14.2 Å². The lowest BCUT2D eigenvalue weighted by molar-refractivity contribution is -0.161. The average molecular weight is 591 g/mol. The molecule has 0 saturated heterocycles. The van der Waals surface area contributed by atoms with Gasteiger partial charge in [-0.25, -0.2) is 4.57 Å². The zero-order valence-corrected chi connectivity index (χ0v) is 26.2. The minimum Gasteiger partial charge on any atom is -0.462 e. The molecule has 0 saturated carbocycles. The molecule has 0 aliphatic carbocycles. The molecule has 0 rings (SSSR count). The maximum absolute atomic E-state index is 12.3. The molecule has 40 heavy (non-hydrogen) atoms. The van der Waals surface area contributed by atoms with Crippen LogP contribution >= 0.6 is 7.82 Å². The van der Waals surface area contributed by atoms with Gasteiger partial charge in [0.25, 0.3) is 0 Å². The fraction of sp³-hybridized carbons (Fsp3) is 0.871. The summed E-state index contributed by atoms with van der Waals surface area (Å²) in [4.78, 5) is 42.3. The van der Waals surface area contributed by atoms with Gasteiger partial charge in [0.05, 0.1) is 6.61 Å². The van der Waals surface area contributed by atoms with Gasteiger partial charge >= 0.3 is 19.8 Å². The molecule has 0 amide bonds. The Morgan fingerprint density at radius 1 is 0.675 bits per heavy atom. The second-order valence-corrected chi connectivity index (χ2v) is 12.1. The van der Waals surface area contributed by atoms with E-state index < -0.39 is 32.5 Å². The van der Waals surface area contributed by atoms with E-state index in [1.165, 1.54) is 77.0 Å². The molecule has 0 aromatic rings. The summed E-state index contributed by atoms with van der Waals surface area (Å²) in [5.74, 6) is -0.892. The standard InChI is InChI=1S/C31H59O8P/c1-3-5-7-9-11-12-13-14-15-16-17-18-20-22-24-26-31(33)39-29(28-38-40(34,35)36)27-37-30(32)25-23-21-19-10-8-6-4-2/h3,29H,1,4-28H2,2H3,(H2,34,35,36)/t29-/m1/s1. The van der Waals surface area contributed by atoms with Crippen molar-refractivity contribution in [2.24, 2.45) is 0 Å². The van der Waals surface area contributed by atoms with Crippen LogP contribution in [-0.4, -0.2) is 41.0 Å². The number of carbonyl (C=O) groups excluding carboxylic acids is 2. The molecule has 0 fully saturated rings. The summed E-state index contributed by atoms with van der Waals surface area (Å²) in [5, 5.41) is 0. The van der Waals surface area contributed by atoms with Crippen LogP contribution in [0.2, 0.25) is 0 Å². The van der Waals surface area contributed by atoms with E-state index in [0.29, 0.717) is 6.42 Å². The Morgan fingerprint density at radius 2 is 1.10 bits per heavy atom. The molecule has 8 nitrogen and oxygen atoms in total. The zero-order valence-electron chi connectivity index (χ0n) is 25.3. The number of unbranched alkanes of at least 4 members (excludes halogenated alkanes) is 19. The Bertz CT molecular complexity index is 664. The van der Waals surface area contributed by atoms with Gasteiger partial charge in [-0.2, -0.15) is 0 Å². The van der Waals surface area contributed by atoms with Crippen LogP contribution in [0, 0.1) is 0 Å². The van der Waals surface area contributed by atoms with Crippen molar-refractivity contribution in [2.75, 3.05) is 13.2 Å². The summed E-state index contributed by atoms with van der Waals surface area (Å²) in [6, 6.07) is 0. The van der Waals surface area contributed by atoms with Crippen LogP contribution in [0.5, 0.6) is 0 Å². The molecule has 0 aliphatic rings. The number of hydrogen-bond acceptors (Lipinski definition) is 6. The van der Waals surface area contributed by atoms with Crippen molar-refractivity contribution in [2.45, 2.75) is 161 Å². The molecular formula is C31H59O8P. The van der Waals surface area contributed by atoms with Crippen molar-refractivity contribution in [1.29, 1.82) is 0 Å². The van der Waals surface area contributed by atoms with Crippen LogP contribution in [0.4, 0.5) is 0 Å². The lowest BCUT2D eigenvalue weighted by Gasteiger charge is -2.18. The highest BCUT2D eigenvalue weighted by Gasteiger charge is 2.22. The van der Waals surface area contributed by atoms with Gasteiger partial charge in [0.1, 0.15) is 6.61 Å². The number of allylic oxidation sites excluding steroid dienone is 1. The highest BCUT2D eigenvalue weighted by atomic mass is 31.2. The van der Waals surface area contributed by atoms with Gasteiger partial charge in [-0.3, -0.25) is 14.1 Å². The molecule has 2 N–H and O–H groups in total. The average Bonchev–Trinajstić information content (AvgIpc) is 2.91. The van der Waals surface area contributed by atoms with Crippen molar-refractivity contribution in [1.82, 2.24) is 0 Å². The summed E-state index contributed by atoms with van der Waals surface area (Å²) in [5.41, 5.74) is 0. The van der Waals surface area contributed by atoms with E-state index in [2.05, 4.69) is 18.0 Å². The Kier molecular flexibility index (Phi) is 27.1. The molecule has 9 heteroatoms. The van der Waals surface area contributed by atoms with Gasteiger partial charge in [-0.05, 0) is 25.7 Å². The second kappa shape index (κ2) is 27.9. The number of esters is 2. The first kappa shape index (κ1) is 38.8. The molecule has 0 spiro atoms. The minimum absolute atomic E-state index is 0.213. The Balaban J connectivity index is 3.95. The molecule has 0 unspecified atom stereocenters. The number of phosphoric ester groups is 1. The third-order valence-electron chi connectivity index (χ3n) is 6.93. The second-order valence-electron chi connectivity index (χ2n) is 10.9. The topological polar surface area (TPSA) is 119 Å². The van der Waals surface area contributed by atoms with E-state index in [0.717, 1.165) is 51.4 Å². The van der Waals surface area contributed by atoms with Crippen molar-refractivity contribution in [3.05, 3.63) is 12.7 Å². The van der Waals surface area contributed by atoms with E-state index in [1.54, 1.807) is 0 Å². The van der Waals surface area contributed by atoms with E-state index in [4.69, 9.17) is 19.3 Å². The maximum atomic E-state index is 12.3. The number of ether oxygens (including phenoxy) is 2. The van der Waals surface area contributed by atoms with E-state index in [1.807, 2.05) is 6.08 Å². The molecule has 0 heterocycles. The van der Waals surface area contributed by atoms with Crippen LogP contribution in [0.3, 0.4) is 0 Å². The van der Waals surface area contributed by atoms with E-state index >= 15 is 0 Å². The largest absolute Gasteiger partial charge is 0.469 e. The van der Waals surface area contributed by atoms with Crippen LogP contribution in [-0.2, 0) is 28.2 Å². The van der Waals surface area contributed by atoms with Gasteiger partial charge in [-0.1, -0.05) is 122 Å². The SMILES string of the molecule is C=CCCCCCCCCCCCCCCCC(=O)O[C@H](COC(=O)CCCCCCCCC)COP(=O)(O)O. The third-order valence-corrected chi connectivity index (χ3v) is 7.42. The van der Waals surface area contributed by atoms with Crippen LogP contribution in [0.15, 0.2) is 12.7 Å². The number of rotatable bonds is 30. The monoisotopic (exact) mass is 590 g/mol.